The average Bonchev–Trinajstić information content (AvgIpc) is 2.09. The van der Waals surface area contributed by atoms with Crippen molar-refractivity contribution in [2.24, 2.45) is 0 Å². The number of carbonyl (C=O) groups is 1. The molecule has 0 saturated heterocycles. The summed E-state index contributed by atoms with van der Waals surface area (Å²) in [6.45, 7) is 12.6. The van der Waals surface area contributed by atoms with Crippen molar-refractivity contribution < 1.29 is 9.53 Å². The van der Waals surface area contributed by atoms with Gasteiger partial charge in [-0.15, -0.1) is 6.58 Å². The van der Waals surface area contributed by atoms with Crippen LogP contribution in [0.3, 0.4) is 0 Å². The van der Waals surface area contributed by atoms with Gasteiger partial charge in [-0.3, -0.25) is 0 Å². The molecule has 0 aliphatic rings. The number of rotatable bonds is 5. The van der Waals surface area contributed by atoms with Gasteiger partial charge in [0.1, 0.15) is 5.60 Å². The molecule has 0 unspecified atom stereocenters. The molecule has 0 spiro atoms. The molecule has 0 atom stereocenters. The van der Waals surface area contributed by atoms with Gasteiger partial charge in [0, 0.05) is 13.1 Å². The Hall–Kier alpha value is -0.990. The highest BCUT2D eigenvalue weighted by atomic mass is 16.6. The largest absolute Gasteiger partial charge is 0.444 e. The van der Waals surface area contributed by atoms with Crippen LogP contribution in [0.5, 0.6) is 0 Å². The molecule has 0 aliphatic carbocycles. The summed E-state index contributed by atoms with van der Waals surface area (Å²) in [6, 6.07) is 0. The maximum atomic E-state index is 11.7. The number of ether oxygens (including phenoxy) is 1. The zero-order valence-electron chi connectivity index (χ0n) is 10.4. The van der Waals surface area contributed by atoms with Crippen LogP contribution in [0.1, 0.15) is 40.5 Å². The van der Waals surface area contributed by atoms with Gasteiger partial charge < -0.3 is 9.64 Å². The van der Waals surface area contributed by atoms with Crippen LogP contribution in [-0.2, 0) is 4.74 Å². The second-order valence-electron chi connectivity index (χ2n) is 4.57. The lowest BCUT2D eigenvalue weighted by atomic mass is 10.2. The summed E-state index contributed by atoms with van der Waals surface area (Å²) in [6.07, 6.45) is 3.53. The third-order valence-corrected chi connectivity index (χ3v) is 1.78. The van der Waals surface area contributed by atoms with Gasteiger partial charge in [0.15, 0.2) is 0 Å². The van der Waals surface area contributed by atoms with E-state index in [-0.39, 0.29) is 6.09 Å². The van der Waals surface area contributed by atoms with Crippen molar-refractivity contribution >= 4 is 6.09 Å². The summed E-state index contributed by atoms with van der Waals surface area (Å²) in [7, 11) is 0. The highest BCUT2D eigenvalue weighted by molar-refractivity contribution is 5.68. The van der Waals surface area contributed by atoms with Crippen LogP contribution < -0.4 is 0 Å². The lowest BCUT2D eigenvalue weighted by Gasteiger charge is -2.26. The van der Waals surface area contributed by atoms with E-state index >= 15 is 0 Å². The number of hydrogen-bond acceptors (Lipinski definition) is 2. The predicted molar refractivity (Wildman–Crippen MR) is 62.9 cm³/mol. The molecule has 88 valence electrons. The van der Waals surface area contributed by atoms with E-state index in [1.165, 1.54) is 0 Å². The highest BCUT2D eigenvalue weighted by Gasteiger charge is 2.20. The van der Waals surface area contributed by atoms with E-state index < -0.39 is 5.60 Å². The van der Waals surface area contributed by atoms with Crippen molar-refractivity contribution in [3.05, 3.63) is 12.7 Å². The molecule has 1 amide bonds. The Labute approximate surface area is 93.1 Å². The first-order valence-corrected chi connectivity index (χ1v) is 5.49. The van der Waals surface area contributed by atoms with Crippen LogP contribution in [0.15, 0.2) is 12.7 Å². The molecular formula is C12H23NO2. The summed E-state index contributed by atoms with van der Waals surface area (Å²) in [5.74, 6) is 0. The molecule has 3 heteroatoms. The molecule has 0 fully saturated rings. The van der Waals surface area contributed by atoms with Crippen LogP contribution >= 0.6 is 0 Å². The molecule has 0 saturated carbocycles. The first-order chi connectivity index (χ1) is 6.90. The van der Waals surface area contributed by atoms with E-state index in [1.54, 1.807) is 11.0 Å². The summed E-state index contributed by atoms with van der Waals surface area (Å²) >= 11 is 0. The minimum Gasteiger partial charge on any atom is -0.444 e. The van der Waals surface area contributed by atoms with Gasteiger partial charge >= 0.3 is 6.09 Å². The third-order valence-electron chi connectivity index (χ3n) is 1.78. The Bertz CT molecular complexity index is 206. The molecule has 0 N–H and O–H groups in total. The summed E-state index contributed by atoms with van der Waals surface area (Å²) in [5, 5.41) is 0. The van der Waals surface area contributed by atoms with Crippen LogP contribution in [0.2, 0.25) is 0 Å². The number of carbonyl (C=O) groups excluding carboxylic acids is 1. The Morgan fingerprint density at radius 3 is 2.47 bits per heavy atom. The van der Waals surface area contributed by atoms with Crippen molar-refractivity contribution in [2.75, 3.05) is 13.1 Å². The average molecular weight is 213 g/mol. The molecular weight excluding hydrogens is 190 g/mol. The second kappa shape index (κ2) is 6.49. The van der Waals surface area contributed by atoms with Crippen molar-refractivity contribution in [2.45, 2.75) is 46.1 Å². The minimum absolute atomic E-state index is 0.254. The summed E-state index contributed by atoms with van der Waals surface area (Å²) in [5.41, 5.74) is -0.428. The van der Waals surface area contributed by atoms with Crippen LogP contribution in [0, 0.1) is 0 Å². The maximum Gasteiger partial charge on any atom is 0.410 e. The SMILES string of the molecule is C=CCN(CCCC)C(=O)OC(C)(C)C. The van der Waals surface area contributed by atoms with Crippen LogP contribution in [0.4, 0.5) is 4.79 Å². The molecule has 0 bridgehead atoms. The van der Waals surface area contributed by atoms with Crippen LogP contribution in [-0.4, -0.2) is 29.7 Å². The number of nitrogens with zero attached hydrogens (tertiary/aromatic N) is 1. The first-order valence-electron chi connectivity index (χ1n) is 5.49. The minimum atomic E-state index is -0.428. The Kier molecular flexibility index (Phi) is 6.06. The fourth-order valence-corrected chi connectivity index (χ4v) is 1.09. The summed E-state index contributed by atoms with van der Waals surface area (Å²) in [4.78, 5) is 13.4. The summed E-state index contributed by atoms with van der Waals surface area (Å²) < 4.78 is 5.29. The van der Waals surface area contributed by atoms with Gasteiger partial charge in [0.25, 0.3) is 0 Å². The van der Waals surface area contributed by atoms with Gasteiger partial charge in [0.05, 0.1) is 0 Å². The van der Waals surface area contributed by atoms with Gasteiger partial charge in [0.2, 0.25) is 0 Å². The monoisotopic (exact) mass is 213 g/mol. The van der Waals surface area contributed by atoms with Crippen molar-refractivity contribution in [3.8, 4) is 0 Å². The molecule has 15 heavy (non-hydrogen) atoms. The Morgan fingerprint density at radius 2 is 2.07 bits per heavy atom. The molecule has 0 radical (unpaired) electrons. The van der Waals surface area contributed by atoms with Gasteiger partial charge in [-0.25, -0.2) is 4.79 Å². The lowest BCUT2D eigenvalue weighted by molar-refractivity contribution is 0.0270. The van der Waals surface area contributed by atoms with E-state index in [0.717, 1.165) is 19.4 Å². The molecule has 0 heterocycles. The smallest absolute Gasteiger partial charge is 0.410 e. The normalized spacial score (nSPS) is 10.9. The first kappa shape index (κ1) is 14.0. The van der Waals surface area contributed by atoms with Gasteiger partial charge in [-0.1, -0.05) is 19.4 Å². The van der Waals surface area contributed by atoms with E-state index in [4.69, 9.17) is 4.74 Å². The van der Waals surface area contributed by atoms with Crippen LogP contribution in [0.25, 0.3) is 0 Å². The standard InChI is InChI=1S/C12H23NO2/c1-6-8-10-13(9-7-2)11(14)15-12(3,4)5/h7H,2,6,8-10H2,1,3-5H3. The molecule has 0 aliphatic heterocycles. The molecule has 0 aromatic carbocycles. The Balaban J connectivity index is 4.21. The zero-order valence-corrected chi connectivity index (χ0v) is 10.4. The number of amides is 1. The van der Waals surface area contributed by atoms with Gasteiger partial charge in [-0.2, -0.15) is 0 Å². The predicted octanol–water partition coefficient (Wildman–Crippen LogP) is 3.21. The van der Waals surface area contributed by atoms with E-state index in [9.17, 15) is 4.79 Å². The fraction of sp³-hybridized carbons (Fsp3) is 0.750. The second-order valence-corrected chi connectivity index (χ2v) is 4.57. The number of unbranched alkanes of at least 4 members (excludes halogenated alkanes) is 1. The van der Waals surface area contributed by atoms with Crippen molar-refractivity contribution in [1.29, 1.82) is 0 Å². The Morgan fingerprint density at radius 1 is 1.47 bits per heavy atom. The molecule has 3 nitrogen and oxygen atoms in total. The molecule has 0 aromatic heterocycles. The van der Waals surface area contributed by atoms with E-state index in [1.807, 2.05) is 20.8 Å². The van der Waals surface area contributed by atoms with Gasteiger partial charge in [-0.05, 0) is 27.2 Å². The molecule has 0 rings (SSSR count). The zero-order chi connectivity index (χ0) is 11.9. The van der Waals surface area contributed by atoms with E-state index in [0.29, 0.717) is 6.54 Å². The highest BCUT2D eigenvalue weighted by Crippen LogP contribution is 2.10. The topological polar surface area (TPSA) is 29.5 Å². The lowest BCUT2D eigenvalue weighted by Crippen LogP contribution is -2.37. The van der Waals surface area contributed by atoms with Crippen molar-refractivity contribution in [3.63, 3.8) is 0 Å². The van der Waals surface area contributed by atoms with Crippen molar-refractivity contribution in [1.82, 2.24) is 4.90 Å². The maximum absolute atomic E-state index is 11.7. The molecule has 0 aromatic rings. The quantitative estimate of drug-likeness (QED) is 0.656. The fourth-order valence-electron chi connectivity index (χ4n) is 1.09. The third kappa shape index (κ3) is 7.00. The number of hydrogen-bond donors (Lipinski definition) is 0. The van der Waals surface area contributed by atoms with E-state index in [2.05, 4.69) is 13.5 Å².